The lowest BCUT2D eigenvalue weighted by atomic mass is 9.78. The molecule has 1 atom stereocenters. The lowest BCUT2D eigenvalue weighted by molar-refractivity contribution is -0.130. The number of carbonyl (C=O) groups is 1. The van der Waals surface area contributed by atoms with Crippen LogP contribution in [0, 0.1) is 5.92 Å². The first-order valence-corrected chi connectivity index (χ1v) is 8.77. The van der Waals surface area contributed by atoms with Crippen molar-refractivity contribution in [3.05, 3.63) is 60.2 Å². The number of benzene rings is 1. The van der Waals surface area contributed by atoms with E-state index in [0.717, 1.165) is 30.6 Å². The summed E-state index contributed by atoms with van der Waals surface area (Å²) in [5.74, 6) is -0.234. The summed E-state index contributed by atoms with van der Waals surface area (Å²) in [5, 5.41) is 10.0. The summed E-state index contributed by atoms with van der Waals surface area (Å²) in [7, 11) is 0. The number of aromatic nitrogens is 2. The fourth-order valence-corrected chi connectivity index (χ4v) is 4.17. The summed E-state index contributed by atoms with van der Waals surface area (Å²) in [6.45, 7) is 2.06. The van der Waals surface area contributed by atoms with Gasteiger partial charge in [-0.2, -0.15) is 0 Å². The SMILES string of the molecule is O=C(O)C(=C(c1cnccn1)[C@H]1CC2CCN1CC2)c1ccccc1. The van der Waals surface area contributed by atoms with Crippen LogP contribution >= 0.6 is 0 Å². The molecular formula is C20H21N3O2. The zero-order chi connectivity index (χ0) is 17.2. The second kappa shape index (κ2) is 6.76. The maximum atomic E-state index is 12.2. The second-order valence-electron chi connectivity index (χ2n) is 6.78. The van der Waals surface area contributed by atoms with Crippen LogP contribution in [0.2, 0.25) is 0 Å². The maximum absolute atomic E-state index is 12.2. The third kappa shape index (κ3) is 3.07. The van der Waals surface area contributed by atoms with Gasteiger partial charge in [-0.15, -0.1) is 0 Å². The molecular weight excluding hydrogens is 314 g/mol. The van der Waals surface area contributed by atoms with Crippen LogP contribution in [-0.2, 0) is 4.79 Å². The highest BCUT2D eigenvalue weighted by Crippen LogP contribution is 2.40. The van der Waals surface area contributed by atoms with Gasteiger partial charge in [0.1, 0.15) is 0 Å². The summed E-state index contributed by atoms with van der Waals surface area (Å²) in [4.78, 5) is 23.3. The van der Waals surface area contributed by atoms with E-state index < -0.39 is 5.97 Å². The zero-order valence-corrected chi connectivity index (χ0v) is 14.0. The number of hydrogen-bond donors (Lipinski definition) is 1. The van der Waals surface area contributed by atoms with Crippen LogP contribution in [0.15, 0.2) is 48.9 Å². The molecule has 0 spiro atoms. The van der Waals surface area contributed by atoms with Gasteiger partial charge in [0, 0.05) is 24.0 Å². The minimum absolute atomic E-state index is 0.0931. The summed E-state index contributed by atoms with van der Waals surface area (Å²) in [6, 6.07) is 9.46. The Morgan fingerprint density at radius 2 is 1.88 bits per heavy atom. The van der Waals surface area contributed by atoms with Gasteiger partial charge in [-0.25, -0.2) is 4.79 Å². The molecule has 5 rings (SSSR count). The molecule has 0 radical (unpaired) electrons. The average Bonchev–Trinajstić information content (AvgIpc) is 2.68. The number of carboxylic acid groups (broad SMARTS) is 1. The van der Waals surface area contributed by atoms with E-state index in [1.165, 1.54) is 12.8 Å². The normalized spacial score (nSPS) is 26.2. The van der Waals surface area contributed by atoms with E-state index in [9.17, 15) is 9.90 Å². The van der Waals surface area contributed by atoms with Gasteiger partial charge in [0.25, 0.3) is 0 Å². The van der Waals surface area contributed by atoms with Crippen LogP contribution in [-0.4, -0.2) is 45.1 Å². The van der Waals surface area contributed by atoms with Gasteiger partial charge >= 0.3 is 5.97 Å². The van der Waals surface area contributed by atoms with Crippen molar-refractivity contribution in [2.45, 2.75) is 25.3 Å². The molecule has 0 aliphatic carbocycles. The van der Waals surface area contributed by atoms with Crippen LogP contribution < -0.4 is 0 Å². The van der Waals surface area contributed by atoms with E-state index in [4.69, 9.17) is 0 Å². The van der Waals surface area contributed by atoms with Gasteiger partial charge < -0.3 is 5.11 Å². The van der Waals surface area contributed by atoms with Gasteiger partial charge in [-0.05, 0) is 43.8 Å². The predicted molar refractivity (Wildman–Crippen MR) is 95.6 cm³/mol. The first kappa shape index (κ1) is 16.0. The fraction of sp³-hybridized carbons (Fsp3) is 0.350. The Morgan fingerprint density at radius 3 is 2.44 bits per heavy atom. The van der Waals surface area contributed by atoms with E-state index in [-0.39, 0.29) is 6.04 Å². The van der Waals surface area contributed by atoms with Crippen LogP contribution in [0.1, 0.15) is 30.5 Å². The molecule has 2 bridgehead atoms. The third-order valence-electron chi connectivity index (χ3n) is 5.36. The third-order valence-corrected chi connectivity index (χ3v) is 5.36. The van der Waals surface area contributed by atoms with Crippen LogP contribution in [0.4, 0.5) is 0 Å². The lowest BCUT2D eigenvalue weighted by Crippen LogP contribution is -2.49. The van der Waals surface area contributed by atoms with Crippen molar-refractivity contribution < 1.29 is 9.90 Å². The van der Waals surface area contributed by atoms with Crippen molar-refractivity contribution in [3.8, 4) is 0 Å². The monoisotopic (exact) mass is 335 g/mol. The Balaban J connectivity index is 1.91. The number of nitrogens with zero attached hydrogens (tertiary/aromatic N) is 3. The highest BCUT2D eigenvalue weighted by Gasteiger charge is 2.38. The van der Waals surface area contributed by atoms with Gasteiger partial charge in [-0.1, -0.05) is 30.3 Å². The number of hydrogen-bond acceptors (Lipinski definition) is 4. The quantitative estimate of drug-likeness (QED) is 0.870. The zero-order valence-electron chi connectivity index (χ0n) is 14.0. The van der Waals surface area contributed by atoms with E-state index in [1.54, 1.807) is 18.6 Å². The largest absolute Gasteiger partial charge is 0.478 e. The Hall–Kier alpha value is -2.53. The van der Waals surface area contributed by atoms with Crippen LogP contribution in [0.5, 0.6) is 0 Å². The molecule has 1 N–H and O–H groups in total. The first-order valence-electron chi connectivity index (χ1n) is 8.77. The molecule has 1 aromatic carbocycles. The molecule has 0 amide bonds. The molecule has 2 aromatic rings. The van der Waals surface area contributed by atoms with Gasteiger partial charge in [0.15, 0.2) is 0 Å². The van der Waals surface area contributed by atoms with Crippen molar-refractivity contribution in [2.24, 2.45) is 5.92 Å². The topological polar surface area (TPSA) is 66.3 Å². The minimum Gasteiger partial charge on any atom is -0.478 e. The van der Waals surface area contributed by atoms with Gasteiger partial charge in [-0.3, -0.25) is 14.9 Å². The molecule has 5 heteroatoms. The maximum Gasteiger partial charge on any atom is 0.336 e. The summed E-state index contributed by atoms with van der Waals surface area (Å²) < 4.78 is 0. The molecule has 25 heavy (non-hydrogen) atoms. The van der Waals surface area contributed by atoms with E-state index >= 15 is 0 Å². The fourth-order valence-electron chi connectivity index (χ4n) is 4.17. The van der Waals surface area contributed by atoms with Crippen molar-refractivity contribution in [1.29, 1.82) is 0 Å². The van der Waals surface area contributed by atoms with Crippen molar-refractivity contribution in [2.75, 3.05) is 13.1 Å². The highest BCUT2D eigenvalue weighted by atomic mass is 16.4. The molecule has 3 aliphatic heterocycles. The van der Waals surface area contributed by atoms with E-state index in [2.05, 4.69) is 14.9 Å². The van der Waals surface area contributed by atoms with E-state index in [1.807, 2.05) is 30.3 Å². The number of carboxylic acids is 1. The Bertz CT molecular complexity index is 781. The molecule has 128 valence electrons. The summed E-state index contributed by atoms with van der Waals surface area (Å²) in [5.41, 5.74) is 2.54. The highest BCUT2D eigenvalue weighted by molar-refractivity contribution is 6.24. The molecule has 0 unspecified atom stereocenters. The van der Waals surface area contributed by atoms with Crippen molar-refractivity contribution in [3.63, 3.8) is 0 Å². The minimum atomic E-state index is -0.908. The lowest BCUT2D eigenvalue weighted by Gasteiger charge is -2.46. The molecule has 1 aromatic heterocycles. The van der Waals surface area contributed by atoms with Crippen LogP contribution in [0.3, 0.4) is 0 Å². The van der Waals surface area contributed by atoms with Crippen molar-refractivity contribution >= 4 is 17.1 Å². The van der Waals surface area contributed by atoms with Gasteiger partial charge in [0.05, 0.1) is 17.5 Å². The molecule has 3 saturated heterocycles. The molecule has 3 aliphatic rings. The number of rotatable bonds is 4. The summed E-state index contributed by atoms with van der Waals surface area (Å²) >= 11 is 0. The first-order chi connectivity index (χ1) is 12.2. The van der Waals surface area contributed by atoms with Crippen molar-refractivity contribution in [1.82, 2.24) is 14.9 Å². The number of fused-ring (bicyclic) bond motifs is 3. The van der Waals surface area contributed by atoms with E-state index in [0.29, 0.717) is 17.2 Å². The summed E-state index contributed by atoms with van der Waals surface area (Å²) in [6.07, 6.45) is 8.35. The predicted octanol–water partition coefficient (Wildman–Crippen LogP) is 2.96. The Kier molecular flexibility index (Phi) is 4.32. The number of piperidine rings is 3. The smallest absolute Gasteiger partial charge is 0.336 e. The average molecular weight is 335 g/mol. The Morgan fingerprint density at radius 1 is 1.12 bits per heavy atom. The molecule has 0 saturated carbocycles. The van der Waals surface area contributed by atoms with Crippen LogP contribution in [0.25, 0.3) is 11.1 Å². The second-order valence-corrected chi connectivity index (χ2v) is 6.78. The van der Waals surface area contributed by atoms with Gasteiger partial charge in [0.2, 0.25) is 0 Å². The number of aliphatic carboxylic acids is 1. The molecule has 5 nitrogen and oxygen atoms in total. The molecule has 4 heterocycles. The molecule has 3 fully saturated rings. The Labute approximate surface area is 147 Å². The standard InChI is InChI=1S/C20H21N3O2/c24-20(25)18(15-4-2-1-3-5-15)19(16-13-21-8-9-22-16)17-12-14-6-10-23(17)11-7-14/h1-5,8-9,13-14,17H,6-7,10-12H2,(H,24,25)/t17-/m1/s1.